The Morgan fingerprint density at radius 1 is 0.919 bits per heavy atom. The van der Waals surface area contributed by atoms with Gasteiger partial charge in [0.15, 0.2) is 0 Å². The minimum atomic E-state index is 0.444. The first-order valence-corrected chi connectivity index (χ1v) is 13.5. The Hall–Kier alpha value is -3.25. The van der Waals surface area contributed by atoms with E-state index in [0.717, 1.165) is 67.4 Å². The SMILES string of the molecule is COc1ccc(COc2cc(N3CCOCC3)cc(N3[C@@H](C)[C@H]4[C@@H](C)[C@H]4[C@@H]3Cc3ccccc3)n2)cc1. The van der Waals surface area contributed by atoms with Gasteiger partial charge in [-0.15, -0.1) is 0 Å². The van der Waals surface area contributed by atoms with Crippen LogP contribution in [0.25, 0.3) is 0 Å². The molecule has 0 bridgehead atoms. The summed E-state index contributed by atoms with van der Waals surface area (Å²) in [7, 11) is 1.68. The maximum absolute atomic E-state index is 6.31. The smallest absolute Gasteiger partial charge is 0.217 e. The van der Waals surface area contributed by atoms with E-state index >= 15 is 0 Å². The van der Waals surface area contributed by atoms with Crippen LogP contribution in [0.5, 0.6) is 11.6 Å². The lowest BCUT2D eigenvalue weighted by Gasteiger charge is -2.36. The first kappa shape index (κ1) is 24.1. The Kier molecular flexibility index (Phi) is 6.68. The average Bonchev–Trinajstić information content (AvgIpc) is 3.53. The van der Waals surface area contributed by atoms with Crippen LogP contribution in [0.1, 0.15) is 25.0 Å². The van der Waals surface area contributed by atoms with Gasteiger partial charge in [0.25, 0.3) is 0 Å². The molecular weight excluding hydrogens is 462 g/mol. The molecule has 5 atom stereocenters. The monoisotopic (exact) mass is 499 g/mol. The van der Waals surface area contributed by atoms with Gasteiger partial charge in [-0.1, -0.05) is 49.4 Å². The molecule has 3 aromatic rings. The zero-order chi connectivity index (χ0) is 25.4. The second-order valence-corrected chi connectivity index (χ2v) is 10.7. The van der Waals surface area contributed by atoms with E-state index in [-0.39, 0.29) is 0 Å². The van der Waals surface area contributed by atoms with Crippen molar-refractivity contribution in [2.45, 2.75) is 39.0 Å². The zero-order valence-corrected chi connectivity index (χ0v) is 22.0. The predicted molar refractivity (Wildman–Crippen MR) is 147 cm³/mol. The fourth-order valence-corrected chi connectivity index (χ4v) is 6.60. The van der Waals surface area contributed by atoms with Gasteiger partial charge in [-0.2, -0.15) is 4.98 Å². The van der Waals surface area contributed by atoms with Crippen molar-refractivity contribution in [2.24, 2.45) is 17.8 Å². The van der Waals surface area contributed by atoms with Gasteiger partial charge in [-0.05, 0) is 54.4 Å². The Balaban J connectivity index is 1.30. The summed E-state index contributed by atoms with van der Waals surface area (Å²) in [5, 5.41) is 0. The van der Waals surface area contributed by atoms with E-state index in [2.05, 4.69) is 66.1 Å². The van der Waals surface area contributed by atoms with E-state index < -0.39 is 0 Å². The Morgan fingerprint density at radius 2 is 1.68 bits per heavy atom. The van der Waals surface area contributed by atoms with Crippen molar-refractivity contribution in [2.75, 3.05) is 43.2 Å². The number of aromatic nitrogens is 1. The molecule has 2 aliphatic heterocycles. The standard InChI is InChI=1S/C31H37N3O3/c1-21-30-22(2)34(27(31(21)30)17-23-7-5-4-6-8-23)28-18-25(33-13-15-36-16-14-33)19-29(32-28)37-20-24-9-11-26(35-3)12-10-24/h4-12,18-19,21-22,27,30-31H,13-17,20H2,1-3H3/t21-,22+,27+,30-,31+/m1/s1. The third kappa shape index (κ3) is 4.87. The molecule has 2 aromatic carbocycles. The van der Waals surface area contributed by atoms with Crippen LogP contribution in [0.3, 0.4) is 0 Å². The highest BCUT2D eigenvalue weighted by molar-refractivity contribution is 5.60. The summed E-state index contributed by atoms with van der Waals surface area (Å²) in [6.45, 7) is 8.53. The van der Waals surface area contributed by atoms with E-state index in [0.29, 0.717) is 30.5 Å². The summed E-state index contributed by atoms with van der Waals surface area (Å²) in [5.74, 6) is 4.77. The van der Waals surface area contributed by atoms with Crippen molar-refractivity contribution in [3.63, 3.8) is 0 Å². The van der Waals surface area contributed by atoms with Crippen molar-refractivity contribution in [3.05, 3.63) is 77.9 Å². The molecule has 0 radical (unpaired) electrons. The lowest BCUT2D eigenvalue weighted by Crippen LogP contribution is -2.42. The van der Waals surface area contributed by atoms with Crippen LogP contribution in [0, 0.1) is 17.8 Å². The molecule has 6 rings (SSSR count). The largest absolute Gasteiger partial charge is 0.497 e. The molecule has 37 heavy (non-hydrogen) atoms. The van der Waals surface area contributed by atoms with Gasteiger partial charge in [0.05, 0.1) is 20.3 Å². The number of benzene rings is 2. The number of fused-ring (bicyclic) bond motifs is 1. The number of anilines is 2. The third-order valence-corrected chi connectivity index (χ3v) is 8.56. The number of rotatable bonds is 8. The molecule has 3 heterocycles. The quantitative estimate of drug-likeness (QED) is 0.424. The summed E-state index contributed by atoms with van der Waals surface area (Å²) < 4.78 is 17.2. The molecular formula is C31H37N3O3. The fraction of sp³-hybridized carbons (Fsp3) is 0.452. The molecule has 6 heteroatoms. The minimum Gasteiger partial charge on any atom is -0.497 e. The van der Waals surface area contributed by atoms with Crippen LogP contribution >= 0.6 is 0 Å². The van der Waals surface area contributed by atoms with Crippen molar-refractivity contribution >= 4 is 11.5 Å². The van der Waals surface area contributed by atoms with Crippen LogP contribution in [-0.4, -0.2) is 50.5 Å². The van der Waals surface area contributed by atoms with Crippen LogP contribution in [-0.2, 0) is 17.8 Å². The second-order valence-electron chi connectivity index (χ2n) is 10.7. The second kappa shape index (κ2) is 10.3. The predicted octanol–water partition coefficient (Wildman–Crippen LogP) is 5.21. The van der Waals surface area contributed by atoms with Gasteiger partial charge < -0.3 is 24.0 Å². The Labute approximate surface area is 220 Å². The maximum atomic E-state index is 6.31. The number of morpholine rings is 1. The molecule has 3 aliphatic rings. The number of nitrogens with zero attached hydrogens (tertiary/aromatic N) is 3. The molecule has 1 saturated carbocycles. The van der Waals surface area contributed by atoms with E-state index in [1.807, 2.05) is 24.3 Å². The van der Waals surface area contributed by atoms with E-state index in [1.54, 1.807) is 7.11 Å². The lowest BCUT2D eigenvalue weighted by atomic mass is 10.0. The molecule has 0 spiro atoms. The molecule has 6 nitrogen and oxygen atoms in total. The highest BCUT2D eigenvalue weighted by atomic mass is 16.5. The zero-order valence-electron chi connectivity index (χ0n) is 22.0. The van der Waals surface area contributed by atoms with Crippen molar-refractivity contribution < 1.29 is 14.2 Å². The molecule has 1 aliphatic carbocycles. The van der Waals surface area contributed by atoms with Crippen LogP contribution < -0.4 is 19.3 Å². The molecule has 194 valence electrons. The van der Waals surface area contributed by atoms with Gasteiger partial charge in [0.2, 0.25) is 5.88 Å². The first-order chi connectivity index (χ1) is 18.1. The third-order valence-electron chi connectivity index (χ3n) is 8.56. The number of hydrogen-bond acceptors (Lipinski definition) is 6. The summed E-state index contributed by atoms with van der Waals surface area (Å²) in [6, 6.07) is 24.2. The van der Waals surface area contributed by atoms with Crippen LogP contribution in [0.15, 0.2) is 66.7 Å². The molecule has 0 N–H and O–H groups in total. The van der Waals surface area contributed by atoms with Crippen molar-refractivity contribution in [1.29, 1.82) is 0 Å². The number of piperidine rings is 1. The normalized spacial score (nSPS) is 26.6. The van der Waals surface area contributed by atoms with Gasteiger partial charge in [-0.3, -0.25) is 0 Å². The van der Waals surface area contributed by atoms with E-state index in [1.165, 1.54) is 5.56 Å². The summed E-state index contributed by atoms with van der Waals surface area (Å²) in [6.07, 6.45) is 1.04. The van der Waals surface area contributed by atoms with E-state index in [4.69, 9.17) is 19.2 Å². The van der Waals surface area contributed by atoms with E-state index in [9.17, 15) is 0 Å². The van der Waals surface area contributed by atoms with Crippen molar-refractivity contribution in [3.8, 4) is 11.6 Å². The summed E-state index contributed by atoms with van der Waals surface area (Å²) in [5.41, 5.74) is 3.65. The van der Waals surface area contributed by atoms with Gasteiger partial charge >= 0.3 is 0 Å². The van der Waals surface area contributed by atoms with Crippen LogP contribution in [0.2, 0.25) is 0 Å². The number of ether oxygens (including phenoxy) is 3. The van der Waals surface area contributed by atoms with Gasteiger partial charge in [0.1, 0.15) is 18.2 Å². The molecule has 0 unspecified atom stereocenters. The average molecular weight is 500 g/mol. The molecule has 0 amide bonds. The topological polar surface area (TPSA) is 47.1 Å². The first-order valence-electron chi connectivity index (χ1n) is 13.5. The van der Waals surface area contributed by atoms with Crippen molar-refractivity contribution in [1.82, 2.24) is 4.98 Å². The Morgan fingerprint density at radius 3 is 2.41 bits per heavy atom. The fourth-order valence-electron chi connectivity index (χ4n) is 6.60. The number of methoxy groups -OCH3 is 1. The summed E-state index contributed by atoms with van der Waals surface area (Å²) in [4.78, 5) is 10.1. The molecule has 2 saturated heterocycles. The van der Waals surface area contributed by atoms with Crippen LogP contribution in [0.4, 0.5) is 11.5 Å². The van der Waals surface area contributed by atoms with Gasteiger partial charge in [-0.25, -0.2) is 0 Å². The highest BCUT2D eigenvalue weighted by Gasteiger charge is 2.62. The lowest BCUT2D eigenvalue weighted by molar-refractivity contribution is 0.122. The summed E-state index contributed by atoms with van der Waals surface area (Å²) >= 11 is 0. The Bertz CT molecular complexity index is 1200. The molecule has 3 fully saturated rings. The van der Waals surface area contributed by atoms with Gasteiger partial charge in [0, 0.05) is 43.0 Å². The minimum absolute atomic E-state index is 0.444. The molecule has 1 aromatic heterocycles. The highest BCUT2D eigenvalue weighted by Crippen LogP contribution is 2.60. The maximum Gasteiger partial charge on any atom is 0.217 e. The number of hydrogen-bond donors (Lipinski definition) is 0. The number of pyridine rings is 1.